The van der Waals surface area contributed by atoms with Crippen LogP contribution in [-0.2, 0) is 0 Å². The van der Waals surface area contributed by atoms with E-state index in [1.165, 1.54) is 0 Å². The summed E-state index contributed by atoms with van der Waals surface area (Å²) in [6, 6.07) is 6.98. The molecule has 0 saturated heterocycles. The van der Waals surface area contributed by atoms with Crippen molar-refractivity contribution in [3.05, 3.63) is 34.3 Å². The fourth-order valence-electron chi connectivity index (χ4n) is 1.02. The van der Waals surface area contributed by atoms with Gasteiger partial charge < -0.3 is 5.32 Å². The van der Waals surface area contributed by atoms with Crippen LogP contribution in [0.2, 0.25) is 5.02 Å². The second-order valence-electron chi connectivity index (χ2n) is 2.82. The van der Waals surface area contributed by atoms with Crippen LogP contribution in [0.1, 0.15) is 15.9 Å². The van der Waals surface area contributed by atoms with Crippen LogP contribution in [0.15, 0.2) is 18.2 Å². The molecule has 72 valence electrons. The Hall–Kier alpha value is -1.53. The Morgan fingerprint density at radius 2 is 2.36 bits per heavy atom. The molecular formula is C10H9ClN2O. The van der Waals surface area contributed by atoms with Gasteiger partial charge in [0.15, 0.2) is 0 Å². The van der Waals surface area contributed by atoms with Crippen molar-refractivity contribution >= 4 is 17.5 Å². The first-order valence-electron chi connectivity index (χ1n) is 4.06. The highest BCUT2D eigenvalue weighted by Crippen LogP contribution is 2.17. The van der Waals surface area contributed by atoms with Gasteiger partial charge in [-0.3, -0.25) is 4.79 Å². The highest BCUT2D eigenvalue weighted by Gasteiger charge is 2.08. The molecule has 1 aromatic carbocycles. The van der Waals surface area contributed by atoms with E-state index in [0.29, 0.717) is 10.6 Å². The lowest BCUT2D eigenvalue weighted by atomic mass is 10.1. The van der Waals surface area contributed by atoms with Crippen molar-refractivity contribution in [1.82, 2.24) is 5.32 Å². The standard InChI is InChI=1S/C10H9ClN2O/c1-7-2-3-8(9(11)6-7)10(14)13-5-4-12/h2-3,6H,5H2,1H3,(H,13,14). The van der Waals surface area contributed by atoms with E-state index in [1.807, 2.05) is 13.0 Å². The number of benzene rings is 1. The fourth-order valence-corrected chi connectivity index (χ4v) is 1.34. The molecule has 1 rings (SSSR count). The molecule has 0 fully saturated rings. The lowest BCUT2D eigenvalue weighted by molar-refractivity contribution is 0.0958. The van der Waals surface area contributed by atoms with Gasteiger partial charge in [-0.2, -0.15) is 5.26 Å². The molecule has 0 spiro atoms. The molecule has 0 heterocycles. The minimum Gasteiger partial charge on any atom is -0.339 e. The highest BCUT2D eigenvalue weighted by molar-refractivity contribution is 6.33. The van der Waals surface area contributed by atoms with E-state index in [2.05, 4.69) is 5.32 Å². The molecule has 0 atom stereocenters. The summed E-state index contributed by atoms with van der Waals surface area (Å²) in [5, 5.41) is 11.1. The van der Waals surface area contributed by atoms with Gasteiger partial charge in [-0.1, -0.05) is 17.7 Å². The number of nitrogens with zero attached hydrogens (tertiary/aromatic N) is 1. The third-order valence-corrected chi connectivity index (χ3v) is 2.01. The van der Waals surface area contributed by atoms with Crippen molar-refractivity contribution in [1.29, 1.82) is 5.26 Å². The van der Waals surface area contributed by atoms with Gasteiger partial charge in [-0.25, -0.2) is 0 Å². The smallest absolute Gasteiger partial charge is 0.253 e. The van der Waals surface area contributed by atoms with Crippen LogP contribution in [0, 0.1) is 18.3 Å². The summed E-state index contributed by atoms with van der Waals surface area (Å²) < 4.78 is 0. The number of carbonyl (C=O) groups is 1. The molecule has 14 heavy (non-hydrogen) atoms. The summed E-state index contributed by atoms with van der Waals surface area (Å²) in [7, 11) is 0. The maximum Gasteiger partial charge on any atom is 0.253 e. The van der Waals surface area contributed by atoms with Gasteiger partial charge in [0.1, 0.15) is 6.54 Å². The van der Waals surface area contributed by atoms with Crippen LogP contribution >= 0.6 is 11.6 Å². The second-order valence-corrected chi connectivity index (χ2v) is 3.23. The molecule has 0 unspecified atom stereocenters. The molecule has 0 aromatic heterocycles. The largest absolute Gasteiger partial charge is 0.339 e. The average Bonchev–Trinajstić information content (AvgIpc) is 2.14. The number of hydrogen-bond acceptors (Lipinski definition) is 2. The first kappa shape index (κ1) is 10.6. The summed E-state index contributed by atoms with van der Waals surface area (Å²) in [6.07, 6.45) is 0. The Morgan fingerprint density at radius 1 is 1.64 bits per heavy atom. The SMILES string of the molecule is Cc1ccc(C(=O)NCC#N)c(Cl)c1. The first-order valence-corrected chi connectivity index (χ1v) is 4.44. The molecule has 1 N–H and O–H groups in total. The zero-order chi connectivity index (χ0) is 10.6. The van der Waals surface area contributed by atoms with Crippen LogP contribution in [0.3, 0.4) is 0 Å². The van der Waals surface area contributed by atoms with Crippen LogP contribution in [0.4, 0.5) is 0 Å². The molecule has 1 amide bonds. The van der Waals surface area contributed by atoms with E-state index in [9.17, 15) is 4.79 Å². The molecule has 0 aliphatic heterocycles. The zero-order valence-corrected chi connectivity index (χ0v) is 8.43. The van der Waals surface area contributed by atoms with Crippen molar-refractivity contribution < 1.29 is 4.79 Å². The molecule has 4 heteroatoms. The van der Waals surface area contributed by atoms with E-state index in [0.717, 1.165) is 5.56 Å². The Morgan fingerprint density at radius 3 is 2.93 bits per heavy atom. The first-order chi connectivity index (χ1) is 6.65. The number of hydrogen-bond donors (Lipinski definition) is 1. The minimum atomic E-state index is -0.323. The van der Waals surface area contributed by atoms with Crippen molar-refractivity contribution in [2.45, 2.75) is 6.92 Å². The normalized spacial score (nSPS) is 9.21. The molecule has 0 aliphatic carbocycles. The third-order valence-electron chi connectivity index (χ3n) is 1.70. The van der Waals surface area contributed by atoms with Crippen molar-refractivity contribution in [2.75, 3.05) is 6.54 Å². The van der Waals surface area contributed by atoms with Crippen molar-refractivity contribution in [2.24, 2.45) is 0 Å². The molecule has 0 bridgehead atoms. The van der Waals surface area contributed by atoms with Gasteiger partial charge in [0.05, 0.1) is 16.7 Å². The van der Waals surface area contributed by atoms with E-state index < -0.39 is 0 Å². The number of nitrogens with one attached hydrogen (secondary N) is 1. The predicted molar refractivity (Wildman–Crippen MR) is 54.1 cm³/mol. The van der Waals surface area contributed by atoms with Gasteiger partial charge in [0.2, 0.25) is 0 Å². The van der Waals surface area contributed by atoms with Gasteiger partial charge in [0, 0.05) is 0 Å². The van der Waals surface area contributed by atoms with Crippen LogP contribution < -0.4 is 5.32 Å². The van der Waals surface area contributed by atoms with Crippen LogP contribution in [-0.4, -0.2) is 12.5 Å². The molecule has 0 radical (unpaired) electrons. The topological polar surface area (TPSA) is 52.9 Å². The van der Waals surface area contributed by atoms with Crippen molar-refractivity contribution in [3.63, 3.8) is 0 Å². The lowest BCUT2D eigenvalue weighted by Crippen LogP contribution is -2.23. The number of amides is 1. The maximum atomic E-state index is 11.4. The lowest BCUT2D eigenvalue weighted by Gasteiger charge is -2.03. The highest BCUT2D eigenvalue weighted by atomic mass is 35.5. The summed E-state index contributed by atoms with van der Waals surface area (Å²) in [5.74, 6) is -0.323. The number of nitriles is 1. The quantitative estimate of drug-likeness (QED) is 0.755. The van der Waals surface area contributed by atoms with E-state index in [-0.39, 0.29) is 12.5 Å². The zero-order valence-electron chi connectivity index (χ0n) is 7.67. The predicted octanol–water partition coefficient (Wildman–Crippen LogP) is 1.90. The molecule has 3 nitrogen and oxygen atoms in total. The Labute approximate surface area is 87.3 Å². The summed E-state index contributed by atoms with van der Waals surface area (Å²) in [4.78, 5) is 11.4. The van der Waals surface area contributed by atoms with Gasteiger partial charge in [-0.15, -0.1) is 0 Å². The van der Waals surface area contributed by atoms with Crippen molar-refractivity contribution in [3.8, 4) is 6.07 Å². The number of halogens is 1. The summed E-state index contributed by atoms with van der Waals surface area (Å²) >= 11 is 5.86. The molecular weight excluding hydrogens is 200 g/mol. The Balaban J connectivity index is 2.86. The molecule has 1 aromatic rings. The minimum absolute atomic E-state index is 0.0109. The summed E-state index contributed by atoms with van der Waals surface area (Å²) in [6.45, 7) is 1.88. The fraction of sp³-hybridized carbons (Fsp3) is 0.200. The third kappa shape index (κ3) is 2.48. The Bertz CT molecular complexity index is 396. The van der Waals surface area contributed by atoms with Crippen LogP contribution in [0.25, 0.3) is 0 Å². The number of rotatable bonds is 2. The van der Waals surface area contributed by atoms with E-state index >= 15 is 0 Å². The summed E-state index contributed by atoms with van der Waals surface area (Å²) in [5.41, 5.74) is 1.39. The van der Waals surface area contributed by atoms with Gasteiger partial charge in [-0.05, 0) is 24.6 Å². The monoisotopic (exact) mass is 208 g/mol. The maximum absolute atomic E-state index is 11.4. The van der Waals surface area contributed by atoms with Gasteiger partial charge in [0.25, 0.3) is 5.91 Å². The van der Waals surface area contributed by atoms with E-state index in [4.69, 9.17) is 16.9 Å². The van der Waals surface area contributed by atoms with E-state index in [1.54, 1.807) is 18.2 Å². The second kappa shape index (κ2) is 4.64. The number of aryl methyl sites for hydroxylation is 1. The molecule has 0 saturated carbocycles. The molecule has 0 aliphatic rings. The number of carbonyl (C=O) groups excluding carboxylic acids is 1. The van der Waals surface area contributed by atoms with Crippen LogP contribution in [0.5, 0.6) is 0 Å². The average molecular weight is 209 g/mol. The Kier molecular flexibility index (Phi) is 3.49. The van der Waals surface area contributed by atoms with Gasteiger partial charge >= 0.3 is 0 Å².